The van der Waals surface area contributed by atoms with Crippen LogP contribution >= 0.6 is 0 Å². The molecule has 1 amide bonds. The Morgan fingerprint density at radius 2 is 1.76 bits per heavy atom. The molecule has 0 spiro atoms. The molecule has 2 aliphatic heterocycles. The van der Waals surface area contributed by atoms with E-state index in [0.717, 1.165) is 11.3 Å². The van der Waals surface area contributed by atoms with Crippen LogP contribution in [0.25, 0.3) is 0 Å². The van der Waals surface area contributed by atoms with Crippen LogP contribution in [0.2, 0.25) is 0 Å². The molecule has 1 saturated heterocycles. The first-order valence-corrected chi connectivity index (χ1v) is 10.1. The summed E-state index contributed by atoms with van der Waals surface area (Å²) in [5, 5.41) is 4.37. The third-order valence-electron chi connectivity index (χ3n) is 5.90. The number of hydrogen-bond donors (Lipinski definition) is 0. The van der Waals surface area contributed by atoms with Gasteiger partial charge >= 0.3 is 6.09 Å². The van der Waals surface area contributed by atoms with Gasteiger partial charge in [0.1, 0.15) is 5.60 Å². The lowest BCUT2D eigenvalue weighted by molar-refractivity contribution is -0.0285. The monoisotopic (exact) mass is 392 g/mol. The van der Waals surface area contributed by atoms with Crippen LogP contribution in [-0.4, -0.2) is 34.6 Å². The average Bonchev–Trinajstić information content (AvgIpc) is 3.17. The highest BCUT2D eigenvalue weighted by molar-refractivity contribution is 6.03. The second-order valence-electron chi connectivity index (χ2n) is 8.66. The zero-order chi connectivity index (χ0) is 20.8. The molecule has 29 heavy (non-hydrogen) atoms. The van der Waals surface area contributed by atoms with Gasteiger partial charge in [0, 0.05) is 5.56 Å². The molecule has 1 fully saturated rings. The van der Waals surface area contributed by atoms with Crippen molar-refractivity contribution in [3.05, 3.63) is 70.3 Å². The van der Waals surface area contributed by atoms with Crippen LogP contribution in [0, 0.1) is 20.8 Å². The lowest BCUT2D eigenvalue weighted by Gasteiger charge is -2.31. The Morgan fingerprint density at radius 1 is 1.10 bits per heavy atom. The summed E-state index contributed by atoms with van der Waals surface area (Å²) in [6, 6.07) is 14.4. The maximum atomic E-state index is 12.8. The second kappa shape index (κ2) is 7.21. The van der Waals surface area contributed by atoms with E-state index in [1.54, 1.807) is 4.90 Å². The molecule has 4 rings (SSSR count). The van der Waals surface area contributed by atoms with Crippen molar-refractivity contribution in [2.75, 3.05) is 0 Å². The summed E-state index contributed by atoms with van der Waals surface area (Å²) in [4.78, 5) is 20.3. The highest BCUT2D eigenvalue weighted by atomic mass is 16.7. The van der Waals surface area contributed by atoms with Crippen LogP contribution in [-0.2, 0) is 16.0 Å². The number of aryl methyl sites for hydroxylation is 3. The van der Waals surface area contributed by atoms with Crippen LogP contribution < -0.4 is 0 Å². The normalized spacial score (nSPS) is 23.0. The SMILES string of the molecule is Cc1cc(C)c(C2=NO[C@H](N3C(=O)OC(C)(C)[C@@H]3Cc3ccccc3)C2)c(C)c1. The highest BCUT2D eigenvalue weighted by Crippen LogP contribution is 2.36. The fourth-order valence-corrected chi connectivity index (χ4v) is 4.60. The van der Waals surface area contributed by atoms with Crippen molar-refractivity contribution in [1.82, 2.24) is 4.90 Å². The number of benzene rings is 2. The third-order valence-corrected chi connectivity index (χ3v) is 5.90. The molecule has 152 valence electrons. The second-order valence-corrected chi connectivity index (χ2v) is 8.66. The molecule has 2 aromatic carbocycles. The van der Waals surface area contributed by atoms with Gasteiger partial charge in [-0.15, -0.1) is 0 Å². The first-order chi connectivity index (χ1) is 13.8. The maximum Gasteiger partial charge on any atom is 0.413 e. The minimum atomic E-state index is -0.602. The summed E-state index contributed by atoms with van der Waals surface area (Å²) in [7, 11) is 0. The molecule has 0 bridgehead atoms. The molecular weight excluding hydrogens is 364 g/mol. The number of nitrogens with zero attached hydrogens (tertiary/aromatic N) is 2. The number of rotatable bonds is 4. The minimum Gasteiger partial charge on any atom is -0.441 e. The van der Waals surface area contributed by atoms with E-state index in [4.69, 9.17) is 9.57 Å². The van der Waals surface area contributed by atoms with Gasteiger partial charge in [-0.3, -0.25) is 4.90 Å². The minimum absolute atomic E-state index is 0.128. The lowest BCUT2D eigenvalue weighted by atomic mass is 9.91. The number of amides is 1. The van der Waals surface area contributed by atoms with Crippen molar-refractivity contribution in [2.24, 2.45) is 5.16 Å². The fourth-order valence-electron chi connectivity index (χ4n) is 4.60. The van der Waals surface area contributed by atoms with Gasteiger partial charge in [-0.2, -0.15) is 0 Å². The summed E-state index contributed by atoms with van der Waals surface area (Å²) in [6.07, 6.45) is 0.473. The fraction of sp³-hybridized carbons (Fsp3) is 0.417. The van der Waals surface area contributed by atoms with Crippen LogP contribution in [0.5, 0.6) is 0 Å². The zero-order valence-electron chi connectivity index (χ0n) is 17.7. The first kappa shape index (κ1) is 19.5. The van der Waals surface area contributed by atoms with E-state index in [-0.39, 0.29) is 12.1 Å². The van der Waals surface area contributed by atoms with Gasteiger partial charge in [0.25, 0.3) is 0 Å². The summed E-state index contributed by atoms with van der Waals surface area (Å²) < 4.78 is 5.72. The van der Waals surface area contributed by atoms with Gasteiger partial charge in [-0.05, 0) is 57.7 Å². The number of hydrogen-bond acceptors (Lipinski definition) is 4. The standard InChI is InChI=1S/C24H28N2O3/c1-15-11-16(2)22(17(3)12-15)19-14-21(29-25-19)26-20(24(4,5)28-23(26)27)13-18-9-7-6-8-10-18/h6-12,20-21H,13-14H2,1-5H3/t20-,21-/m0/s1. The molecule has 0 aromatic heterocycles. The van der Waals surface area contributed by atoms with E-state index >= 15 is 0 Å². The van der Waals surface area contributed by atoms with Crippen LogP contribution in [0.15, 0.2) is 47.6 Å². The molecule has 2 heterocycles. The highest BCUT2D eigenvalue weighted by Gasteiger charge is 2.52. The molecule has 2 atom stereocenters. The summed E-state index contributed by atoms with van der Waals surface area (Å²) >= 11 is 0. The van der Waals surface area contributed by atoms with Gasteiger partial charge in [0.2, 0.25) is 6.23 Å². The van der Waals surface area contributed by atoms with Crippen LogP contribution in [0.3, 0.4) is 0 Å². The van der Waals surface area contributed by atoms with E-state index in [2.05, 4.69) is 50.2 Å². The van der Waals surface area contributed by atoms with Gasteiger partial charge in [0.15, 0.2) is 0 Å². The lowest BCUT2D eigenvalue weighted by Crippen LogP contribution is -2.48. The molecule has 5 heteroatoms. The number of oxime groups is 1. The van der Waals surface area contributed by atoms with Gasteiger partial charge < -0.3 is 9.57 Å². The van der Waals surface area contributed by atoms with E-state index in [0.29, 0.717) is 12.8 Å². The molecule has 0 N–H and O–H groups in total. The Labute approximate surface area is 172 Å². The summed E-state index contributed by atoms with van der Waals surface area (Å²) in [6.45, 7) is 10.2. The van der Waals surface area contributed by atoms with E-state index in [1.807, 2.05) is 32.0 Å². The van der Waals surface area contributed by atoms with Crippen molar-refractivity contribution < 1.29 is 14.4 Å². The molecular formula is C24H28N2O3. The Kier molecular flexibility index (Phi) is 4.85. The van der Waals surface area contributed by atoms with Gasteiger partial charge in [-0.1, -0.05) is 53.2 Å². The molecule has 5 nitrogen and oxygen atoms in total. The number of carbonyl (C=O) groups excluding carboxylic acids is 1. The third kappa shape index (κ3) is 3.61. The van der Waals surface area contributed by atoms with Gasteiger partial charge in [-0.25, -0.2) is 4.79 Å². The zero-order valence-corrected chi connectivity index (χ0v) is 17.7. The summed E-state index contributed by atoms with van der Waals surface area (Å²) in [5.74, 6) is 0. The van der Waals surface area contributed by atoms with Crippen LogP contribution in [0.4, 0.5) is 4.79 Å². The topological polar surface area (TPSA) is 51.1 Å². The molecule has 0 radical (unpaired) electrons. The number of ether oxygens (including phenoxy) is 1. The predicted octanol–water partition coefficient (Wildman–Crippen LogP) is 4.90. The largest absolute Gasteiger partial charge is 0.441 e. The van der Waals surface area contributed by atoms with E-state index in [9.17, 15) is 4.79 Å². The van der Waals surface area contributed by atoms with Crippen molar-refractivity contribution in [2.45, 2.75) is 65.3 Å². The number of cyclic esters (lactones) is 1. The van der Waals surface area contributed by atoms with Crippen molar-refractivity contribution in [3.63, 3.8) is 0 Å². The summed E-state index contributed by atoms with van der Waals surface area (Å²) in [5.41, 5.74) is 6.15. The van der Waals surface area contributed by atoms with E-state index < -0.39 is 11.8 Å². The number of carbonyl (C=O) groups is 1. The molecule has 2 aromatic rings. The maximum absolute atomic E-state index is 12.8. The Balaban J connectivity index is 1.59. The van der Waals surface area contributed by atoms with Crippen molar-refractivity contribution in [3.8, 4) is 0 Å². The van der Waals surface area contributed by atoms with Crippen molar-refractivity contribution in [1.29, 1.82) is 0 Å². The van der Waals surface area contributed by atoms with Crippen molar-refractivity contribution >= 4 is 11.8 Å². The Hall–Kier alpha value is -2.82. The van der Waals surface area contributed by atoms with Gasteiger partial charge in [0.05, 0.1) is 18.2 Å². The van der Waals surface area contributed by atoms with Crippen LogP contribution in [0.1, 0.15) is 48.1 Å². The molecule has 0 aliphatic carbocycles. The molecule has 2 aliphatic rings. The Bertz CT molecular complexity index is 942. The smallest absolute Gasteiger partial charge is 0.413 e. The van der Waals surface area contributed by atoms with E-state index in [1.165, 1.54) is 22.3 Å². The first-order valence-electron chi connectivity index (χ1n) is 10.1. The molecule has 0 unspecified atom stereocenters. The molecule has 0 saturated carbocycles. The average molecular weight is 392 g/mol. The predicted molar refractivity (Wildman–Crippen MR) is 113 cm³/mol. The Morgan fingerprint density at radius 3 is 2.41 bits per heavy atom. The quantitative estimate of drug-likeness (QED) is 0.743.